The van der Waals surface area contributed by atoms with Gasteiger partial charge in [-0.25, -0.2) is 9.59 Å². The van der Waals surface area contributed by atoms with Gasteiger partial charge in [-0.15, -0.1) is 0 Å². The Morgan fingerprint density at radius 1 is 1.32 bits per heavy atom. The summed E-state index contributed by atoms with van der Waals surface area (Å²) in [5.41, 5.74) is -1.69. The van der Waals surface area contributed by atoms with Crippen molar-refractivity contribution in [3.63, 3.8) is 0 Å². The van der Waals surface area contributed by atoms with Crippen LogP contribution in [0.25, 0.3) is 0 Å². The Kier molecular flexibility index (Phi) is 5.26. The molecule has 5 heteroatoms. The average Bonchev–Trinajstić information content (AvgIpc) is 2.45. The molecular weight excluding hydrogens is 248 g/mol. The Balaban J connectivity index is 3.14. The number of hydrogen-bond donors (Lipinski definition) is 1. The molecule has 0 aliphatic rings. The Bertz CT molecular complexity index is 466. The number of aliphatic hydroxyl groups is 1. The first kappa shape index (κ1) is 14.9. The van der Waals surface area contributed by atoms with Crippen LogP contribution < -0.4 is 0 Å². The number of rotatable bonds is 5. The summed E-state index contributed by atoms with van der Waals surface area (Å²) in [6.45, 7) is 1.76. The number of ether oxygens (including phenoxy) is 2. The second-order valence-electron chi connectivity index (χ2n) is 3.71. The highest BCUT2D eigenvalue weighted by Crippen LogP contribution is 2.24. The third kappa shape index (κ3) is 3.66. The number of carbonyl (C=O) groups is 2. The lowest BCUT2D eigenvalue weighted by atomic mass is 9.93. The fourth-order valence-electron chi connectivity index (χ4n) is 1.47. The second kappa shape index (κ2) is 6.70. The minimum atomic E-state index is -2.01. The van der Waals surface area contributed by atoms with Crippen LogP contribution in [0.1, 0.15) is 12.5 Å². The minimum absolute atomic E-state index is 0.125. The van der Waals surface area contributed by atoms with Crippen molar-refractivity contribution in [2.24, 2.45) is 0 Å². The van der Waals surface area contributed by atoms with Crippen molar-refractivity contribution >= 4 is 11.9 Å². The van der Waals surface area contributed by atoms with Gasteiger partial charge < -0.3 is 14.6 Å². The van der Waals surface area contributed by atoms with Gasteiger partial charge in [0.2, 0.25) is 5.60 Å². The maximum atomic E-state index is 11.9. The van der Waals surface area contributed by atoms with E-state index in [0.29, 0.717) is 5.56 Å². The van der Waals surface area contributed by atoms with Crippen molar-refractivity contribution in [1.82, 2.24) is 0 Å². The monoisotopic (exact) mass is 264 g/mol. The number of carbonyl (C=O) groups excluding carboxylic acids is 2. The summed E-state index contributed by atoms with van der Waals surface area (Å²) in [6.07, 6.45) is 2.05. The van der Waals surface area contributed by atoms with Gasteiger partial charge >= 0.3 is 11.9 Å². The van der Waals surface area contributed by atoms with Crippen molar-refractivity contribution in [3.05, 3.63) is 48.0 Å². The van der Waals surface area contributed by atoms with E-state index in [1.165, 1.54) is 7.11 Å². The molecular formula is C14H16O5. The smallest absolute Gasteiger partial charge is 0.347 e. The van der Waals surface area contributed by atoms with Gasteiger partial charge in [-0.3, -0.25) is 0 Å². The maximum Gasteiger partial charge on any atom is 0.347 e. The highest BCUT2D eigenvalue weighted by molar-refractivity contribution is 5.87. The van der Waals surface area contributed by atoms with E-state index in [1.54, 1.807) is 37.3 Å². The lowest BCUT2D eigenvalue weighted by molar-refractivity contribution is -0.160. The van der Waals surface area contributed by atoms with Crippen molar-refractivity contribution in [2.45, 2.75) is 12.5 Å². The molecule has 0 saturated heterocycles. The molecule has 0 bridgehead atoms. The van der Waals surface area contributed by atoms with Gasteiger partial charge in [0.1, 0.15) is 0 Å². The predicted molar refractivity (Wildman–Crippen MR) is 68.1 cm³/mol. The van der Waals surface area contributed by atoms with Crippen LogP contribution in [0.5, 0.6) is 0 Å². The average molecular weight is 264 g/mol. The minimum Gasteiger partial charge on any atom is -0.466 e. The molecule has 0 amide bonds. The molecule has 19 heavy (non-hydrogen) atoms. The number of benzene rings is 1. The molecule has 0 unspecified atom stereocenters. The van der Waals surface area contributed by atoms with E-state index >= 15 is 0 Å². The maximum absolute atomic E-state index is 11.9. The first-order valence-electron chi connectivity index (χ1n) is 5.77. The highest BCUT2D eigenvalue weighted by Gasteiger charge is 2.37. The van der Waals surface area contributed by atoms with Crippen LogP contribution in [0.2, 0.25) is 0 Å². The van der Waals surface area contributed by atoms with Gasteiger partial charge in [-0.1, -0.05) is 30.3 Å². The molecule has 102 valence electrons. The van der Waals surface area contributed by atoms with Gasteiger partial charge in [-0.2, -0.15) is 0 Å². The quantitative estimate of drug-likeness (QED) is 0.638. The molecule has 0 saturated carbocycles. The van der Waals surface area contributed by atoms with E-state index in [2.05, 4.69) is 4.74 Å². The Labute approximate surface area is 111 Å². The fraction of sp³-hybridized carbons (Fsp3) is 0.286. The van der Waals surface area contributed by atoms with Gasteiger partial charge in [-0.05, 0) is 18.6 Å². The molecule has 0 heterocycles. The second-order valence-corrected chi connectivity index (χ2v) is 3.71. The molecule has 1 atom stereocenters. The van der Waals surface area contributed by atoms with Crippen LogP contribution in [0.3, 0.4) is 0 Å². The van der Waals surface area contributed by atoms with Crippen LogP contribution in [0.15, 0.2) is 42.5 Å². The molecule has 0 aliphatic carbocycles. The fourth-order valence-corrected chi connectivity index (χ4v) is 1.47. The van der Waals surface area contributed by atoms with E-state index in [0.717, 1.165) is 12.2 Å². The Morgan fingerprint density at radius 2 is 1.95 bits per heavy atom. The molecule has 1 N–H and O–H groups in total. The molecule has 0 aliphatic heterocycles. The first-order valence-corrected chi connectivity index (χ1v) is 5.77. The van der Waals surface area contributed by atoms with E-state index in [1.807, 2.05) is 0 Å². The van der Waals surface area contributed by atoms with Crippen LogP contribution >= 0.6 is 0 Å². The van der Waals surface area contributed by atoms with Crippen LogP contribution in [0, 0.1) is 0 Å². The summed E-state index contributed by atoms with van der Waals surface area (Å²) in [7, 11) is 1.21. The normalized spacial score (nSPS) is 13.8. The zero-order valence-corrected chi connectivity index (χ0v) is 10.8. The van der Waals surface area contributed by atoms with Crippen molar-refractivity contribution in [1.29, 1.82) is 0 Å². The van der Waals surface area contributed by atoms with Gasteiger partial charge in [0.25, 0.3) is 0 Å². The summed E-state index contributed by atoms with van der Waals surface area (Å²) >= 11 is 0. The van der Waals surface area contributed by atoms with Crippen molar-refractivity contribution in [3.8, 4) is 0 Å². The van der Waals surface area contributed by atoms with Crippen molar-refractivity contribution < 1.29 is 24.2 Å². The molecule has 0 radical (unpaired) electrons. The molecule has 1 aromatic carbocycles. The summed E-state index contributed by atoms with van der Waals surface area (Å²) in [5, 5.41) is 10.5. The molecule has 1 rings (SSSR count). The molecule has 5 nitrogen and oxygen atoms in total. The van der Waals surface area contributed by atoms with Gasteiger partial charge in [0.15, 0.2) is 0 Å². The summed E-state index contributed by atoms with van der Waals surface area (Å²) in [6, 6.07) is 8.23. The summed E-state index contributed by atoms with van der Waals surface area (Å²) in [5.74, 6) is -1.51. The van der Waals surface area contributed by atoms with Crippen LogP contribution in [-0.2, 0) is 24.7 Å². The number of esters is 2. The largest absolute Gasteiger partial charge is 0.466 e. The van der Waals surface area contributed by atoms with Crippen LogP contribution in [0.4, 0.5) is 0 Å². The SMILES string of the molecule is CCOC(=O)[C@](O)(/C=C/C(=O)OC)c1ccccc1. The van der Waals surface area contributed by atoms with Gasteiger partial charge in [0, 0.05) is 6.08 Å². The highest BCUT2D eigenvalue weighted by atomic mass is 16.5. The molecule has 0 aromatic heterocycles. The van der Waals surface area contributed by atoms with E-state index < -0.39 is 17.5 Å². The molecule has 1 aromatic rings. The summed E-state index contributed by atoms with van der Waals surface area (Å²) in [4.78, 5) is 23.0. The lowest BCUT2D eigenvalue weighted by Crippen LogP contribution is -2.35. The first-order chi connectivity index (χ1) is 9.04. The van der Waals surface area contributed by atoms with E-state index in [-0.39, 0.29) is 6.61 Å². The molecule has 0 fully saturated rings. The number of methoxy groups -OCH3 is 1. The van der Waals surface area contributed by atoms with E-state index in [4.69, 9.17) is 4.74 Å². The number of hydrogen-bond acceptors (Lipinski definition) is 5. The molecule has 0 spiro atoms. The van der Waals surface area contributed by atoms with E-state index in [9.17, 15) is 14.7 Å². The lowest BCUT2D eigenvalue weighted by Gasteiger charge is -2.22. The third-order valence-corrected chi connectivity index (χ3v) is 2.46. The zero-order chi connectivity index (χ0) is 14.3. The van der Waals surface area contributed by atoms with Crippen LogP contribution in [-0.4, -0.2) is 30.8 Å². The standard InChI is InChI=1S/C14H16O5/c1-3-19-13(16)14(17,10-9-12(15)18-2)11-7-5-4-6-8-11/h4-10,17H,3H2,1-2H3/b10-9+/t14-/m0/s1. The predicted octanol–water partition coefficient (Wildman–Crippen LogP) is 1.17. The summed E-state index contributed by atoms with van der Waals surface area (Å²) < 4.78 is 9.27. The third-order valence-electron chi connectivity index (χ3n) is 2.46. The Hall–Kier alpha value is -2.14. The topological polar surface area (TPSA) is 72.8 Å². The van der Waals surface area contributed by atoms with Crippen molar-refractivity contribution in [2.75, 3.05) is 13.7 Å². The van der Waals surface area contributed by atoms with Gasteiger partial charge in [0.05, 0.1) is 13.7 Å². The Morgan fingerprint density at radius 3 is 2.47 bits per heavy atom. The zero-order valence-electron chi connectivity index (χ0n) is 10.8.